The molecule has 9 nitrogen and oxygen atoms in total. The predicted octanol–water partition coefficient (Wildman–Crippen LogP) is 5.52. The summed E-state index contributed by atoms with van der Waals surface area (Å²) < 4.78 is 27.1. The van der Waals surface area contributed by atoms with Crippen molar-refractivity contribution in [3.8, 4) is 28.4 Å². The van der Waals surface area contributed by atoms with E-state index >= 15 is 0 Å². The van der Waals surface area contributed by atoms with Crippen LogP contribution in [0.1, 0.15) is 37.3 Å². The Labute approximate surface area is 251 Å². The lowest BCUT2D eigenvalue weighted by atomic mass is 10.0. The number of carbonyl (C=O) groups is 2. The largest absolute Gasteiger partial charge is 0.489 e. The van der Waals surface area contributed by atoms with Crippen LogP contribution in [0, 0.1) is 0 Å². The lowest BCUT2D eigenvalue weighted by Crippen LogP contribution is -2.14. The molecular weight excluding hydrogens is 552 g/mol. The van der Waals surface area contributed by atoms with Crippen molar-refractivity contribution < 1.29 is 43.5 Å². The molecule has 0 atom stereocenters. The number of benzene rings is 3. The molecule has 0 fully saturated rings. The van der Waals surface area contributed by atoms with Crippen LogP contribution in [0.2, 0.25) is 0 Å². The molecule has 9 heteroatoms. The van der Waals surface area contributed by atoms with Gasteiger partial charge >= 0.3 is 11.9 Å². The van der Waals surface area contributed by atoms with E-state index in [1.165, 1.54) is 30.9 Å². The summed E-state index contributed by atoms with van der Waals surface area (Å²) in [6, 6.07) is 20.9. The molecule has 0 bridgehead atoms. The predicted molar refractivity (Wildman–Crippen MR) is 162 cm³/mol. The number of hydrogen-bond donors (Lipinski definition) is 2. The summed E-state index contributed by atoms with van der Waals surface area (Å²) in [5.41, 5.74) is 3.73. The van der Waals surface area contributed by atoms with Gasteiger partial charge in [-0.3, -0.25) is 0 Å². The van der Waals surface area contributed by atoms with Crippen LogP contribution < -0.4 is 14.2 Å². The Kier molecular flexibility index (Phi) is 13.3. The van der Waals surface area contributed by atoms with E-state index in [2.05, 4.69) is 44.3 Å². The molecule has 0 unspecified atom stereocenters. The van der Waals surface area contributed by atoms with Gasteiger partial charge in [-0.05, 0) is 59.4 Å². The van der Waals surface area contributed by atoms with Gasteiger partial charge in [0, 0.05) is 6.07 Å². The number of aliphatic hydroxyl groups is 2. The Hall–Kier alpha value is -4.60. The maximum atomic E-state index is 11.8. The number of hydrogen-bond acceptors (Lipinski definition) is 9. The van der Waals surface area contributed by atoms with E-state index in [1.807, 2.05) is 24.3 Å². The van der Waals surface area contributed by atoms with Crippen molar-refractivity contribution in [1.82, 2.24) is 0 Å². The van der Waals surface area contributed by atoms with E-state index < -0.39 is 38.7 Å². The molecule has 0 saturated carbocycles. The van der Waals surface area contributed by atoms with Crippen LogP contribution in [-0.4, -0.2) is 49.0 Å². The zero-order valence-corrected chi connectivity index (χ0v) is 24.4. The highest BCUT2D eigenvalue weighted by Crippen LogP contribution is 2.31. The van der Waals surface area contributed by atoms with Crippen LogP contribution in [0.25, 0.3) is 11.1 Å². The molecule has 3 rings (SSSR count). The molecule has 0 saturated heterocycles. The van der Waals surface area contributed by atoms with Crippen molar-refractivity contribution in [2.45, 2.75) is 39.2 Å². The van der Waals surface area contributed by atoms with Gasteiger partial charge in [0.1, 0.15) is 23.9 Å². The van der Waals surface area contributed by atoms with E-state index in [4.69, 9.17) is 33.9 Å². The molecule has 3 aromatic carbocycles. The first-order chi connectivity index (χ1) is 20.8. The second-order valence-corrected chi connectivity index (χ2v) is 9.69. The third-order valence-electron chi connectivity index (χ3n) is 6.36. The van der Waals surface area contributed by atoms with Crippen LogP contribution in [0.3, 0.4) is 0 Å². The summed E-state index contributed by atoms with van der Waals surface area (Å²) in [5.74, 6) is -0.264. The van der Waals surface area contributed by atoms with Gasteiger partial charge in [0.25, 0.3) is 0 Å². The minimum Gasteiger partial charge on any atom is -0.489 e. The first-order valence-corrected chi connectivity index (χ1v) is 14.0. The van der Waals surface area contributed by atoms with Gasteiger partial charge in [-0.1, -0.05) is 69.3 Å². The summed E-state index contributed by atoms with van der Waals surface area (Å²) in [5, 5.41) is 18.0. The van der Waals surface area contributed by atoms with E-state index in [1.54, 1.807) is 12.1 Å². The molecule has 0 aliphatic carbocycles. The Bertz CT molecular complexity index is 1310. The minimum atomic E-state index is -0.787. The van der Waals surface area contributed by atoms with Crippen LogP contribution in [0.5, 0.6) is 17.2 Å². The molecule has 43 heavy (non-hydrogen) atoms. The highest BCUT2D eigenvalue weighted by atomic mass is 16.7. The number of esters is 2. The molecule has 0 spiro atoms. The second-order valence-electron chi connectivity index (χ2n) is 9.69. The smallest absolute Gasteiger partial charge is 0.338 e. The van der Waals surface area contributed by atoms with E-state index in [0.717, 1.165) is 17.5 Å². The Morgan fingerprint density at radius 2 is 1.19 bits per heavy atom. The molecule has 0 aliphatic rings. The van der Waals surface area contributed by atoms with Crippen molar-refractivity contribution in [1.29, 1.82) is 0 Å². The molecule has 0 aliphatic heterocycles. The lowest BCUT2D eigenvalue weighted by molar-refractivity contribution is -0.146. The van der Waals surface area contributed by atoms with Crippen LogP contribution in [0.4, 0.5) is 0 Å². The molecular formula is C34H38O9. The third kappa shape index (κ3) is 11.0. The summed E-state index contributed by atoms with van der Waals surface area (Å²) in [4.78, 5) is 23.5. The van der Waals surface area contributed by atoms with Gasteiger partial charge in [0.15, 0.2) is 0 Å². The first-order valence-electron chi connectivity index (χ1n) is 14.0. The van der Waals surface area contributed by atoms with E-state index in [9.17, 15) is 9.59 Å². The lowest BCUT2D eigenvalue weighted by Gasteiger charge is -2.14. The number of aliphatic hydroxyl groups excluding tert-OH is 2. The molecule has 3 aromatic rings. The van der Waals surface area contributed by atoms with Gasteiger partial charge in [0.2, 0.25) is 13.6 Å². The van der Waals surface area contributed by atoms with E-state index in [0.29, 0.717) is 29.4 Å². The monoisotopic (exact) mass is 590 g/mol. The van der Waals surface area contributed by atoms with Gasteiger partial charge in [0.05, 0.1) is 24.4 Å². The van der Waals surface area contributed by atoms with Gasteiger partial charge in [-0.25, -0.2) is 9.59 Å². The average molecular weight is 591 g/mol. The quantitative estimate of drug-likeness (QED) is 0.0854. The summed E-state index contributed by atoms with van der Waals surface area (Å²) in [7, 11) is 0. The summed E-state index contributed by atoms with van der Waals surface area (Å²) >= 11 is 0. The maximum absolute atomic E-state index is 11.8. The zero-order chi connectivity index (χ0) is 31.0. The summed E-state index contributed by atoms with van der Waals surface area (Å²) in [6.45, 7) is 7.55. The van der Waals surface area contributed by atoms with Crippen molar-refractivity contribution in [3.63, 3.8) is 0 Å². The fourth-order valence-electron chi connectivity index (χ4n) is 3.83. The third-order valence-corrected chi connectivity index (χ3v) is 6.36. The number of aryl methyl sites for hydroxylation is 1. The fourth-order valence-corrected chi connectivity index (χ4v) is 3.83. The Morgan fingerprint density at radius 3 is 1.70 bits per heavy atom. The standard InChI is InChI=1S/C34H38O9/c1-4-5-6-7-26-8-10-27(11-9-26)21-39-30-14-12-28(13-15-30)29-16-31(40-22-42-33(37)24(2)19-35)18-32(17-29)41-23-43-34(38)25(3)20-36/h8-18,35-36H,2-7,19-23H2,1H3. The topological polar surface area (TPSA) is 121 Å². The number of unbranched alkanes of at least 4 members (excludes halogenated alkanes) is 2. The molecule has 0 heterocycles. The minimum absolute atomic E-state index is 0.102. The van der Waals surface area contributed by atoms with Crippen LogP contribution >= 0.6 is 0 Å². The Morgan fingerprint density at radius 1 is 0.651 bits per heavy atom. The number of ether oxygens (including phenoxy) is 5. The molecule has 0 radical (unpaired) electrons. The Balaban J connectivity index is 1.67. The molecule has 0 amide bonds. The van der Waals surface area contributed by atoms with Gasteiger partial charge < -0.3 is 33.9 Å². The van der Waals surface area contributed by atoms with Gasteiger partial charge in [-0.2, -0.15) is 0 Å². The van der Waals surface area contributed by atoms with Crippen LogP contribution in [0.15, 0.2) is 91.0 Å². The van der Waals surface area contributed by atoms with E-state index in [-0.39, 0.29) is 11.1 Å². The normalized spacial score (nSPS) is 10.5. The molecule has 228 valence electrons. The zero-order valence-electron chi connectivity index (χ0n) is 24.4. The van der Waals surface area contributed by atoms with Crippen LogP contribution in [-0.2, 0) is 32.1 Å². The van der Waals surface area contributed by atoms with Crippen molar-refractivity contribution in [2.24, 2.45) is 0 Å². The van der Waals surface area contributed by atoms with Crippen molar-refractivity contribution in [2.75, 3.05) is 26.8 Å². The second kappa shape index (κ2) is 17.4. The highest BCUT2D eigenvalue weighted by molar-refractivity contribution is 5.88. The van der Waals surface area contributed by atoms with Gasteiger partial charge in [-0.15, -0.1) is 0 Å². The number of carbonyl (C=O) groups excluding carboxylic acids is 2. The summed E-state index contributed by atoms with van der Waals surface area (Å²) in [6.07, 6.45) is 4.73. The SMILES string of the molecule is C=C(CO)C(=O)OCOc1cc(OCOC(=O)C(=C)CO)cc(-c2ccc(OCc3ccc(CCCCC)cc3)cc2)c1. The average Bonchev–Trinajstić information content (AvgIpc) is 3.03. The number of rotatable bonds is 18. The maximum Gasteiger partial charge on any atom is 0.338 e. The molecule has 0 aromatic heterocycles. The highest BCUT2D eigenvalue weighted by Gasteiger charge is 2.11. The van der Waals surface area contributed by atoms with Crippen molar-refractivity contribution in [3.05, 3.63) is 102 Å². The fraction of sp³-hybridized carbons (Fsp3) is 0.294. The molecule has 2 N–H and O–H groups in total. The first kappa shape index (κ1) is 32.9. The van der Waals surface area contributed by atoms with Crippen molar-refractivity contribution >= 4 is 11.9 Å².